The summed E-state index contributed by atoms with van der Waals surface area (Å²) in [5.41, 5.74) is 3.71. The predicted octanol–water partition coefficient (Wildman–Crippen LogP) is 3.69. The summed E-state index contributed by atoms with van der Waals surface area (Å²) in [5.74, 6) is 2.95. The Labute approximate surface area is 161 Å². The van der Waals surface area contributed by atoms with Gasteiger partial charge in [-0.2, -0.15) is 0 Å². The molecule has 6 heteroatoms. The molecule has 0 saturated carbocycles. The van der Waals surface area contributed by atoms with Crippen LogP contribution < -0.4 is 0 Å². The van der Waals surface area contributed by atoms with Crippen LogP contribution in [0.2, 0.25) is 19.6 Å². The molecule has 4 nitrogen and oxygen atoms in total. The van der Waals surface area contributed by atoms with Gasteiger partial charge >= 0.3 is 5.97 Å². The molecule has 3 atom stereocenters. The van der Waals surface area contributed by atoms with Gasteiger partial charge in [-0.05, 0) is 24.3 Å². The number of thioether (sulfide) groups is 1. The molecule has 1 N–H and O–H groups in total. The molecule has 0 bridgehead atoms. The smallest absolute Gasteiger partial charge is 0.338 e. The first-order valence-corrected chi connectivity index (χ1v) is 13.1. The van der Waals surface area contributed by atoms with E-state index in [1.807, 2.05) is 18.2 Å². The van der Waals surface area contributed by atoms with Crippen molar-refractivity contribution in [1.82, 2.24) is 0 Å². The molecular weight excluding hydrogens is 364 g/mol. The number of benzene rings is 1. The van der Waals surface area contributed by atoms with Crippen molar-refractivity contribution in [2.75, 3.05) is 12.9 Å². The second kappa shape index (κ2) is 9.31. The molecule has 0 aromatic heterocycles. The maximum absolute atomic E-state index is 12.1. The molecule has 0 amide bonds. The second-order valence-corrected chi connectivity index (χ2v) is 13.1. The number of hydrogen-bond donors (Lipinski definition) is 1. The highest BCUT2D eigenvalue weighted by Crippen LogP contribution is 2.34. The molecule has 1 aromatic rings. The highest BCUT2D eigenvalue weighted by atomic mass is 32.2. The highest BCUT2D eigenvalue weighted by molar-refractivity contribution is 7.99. The summed E-state index contributed by atoms with van der Waals surface area (Å²) in [6, 6.07) is 10.1. The van der Waals surface area contributed by atoms with Gasteiger partial charge in [0.1, 0.15) is 8.07 Å². The number of aliphatic hydroxyl groups excluding tert-OH is 1. The van der Waals surface area contributed by atoms with Crippen molar-refractivity contribution in [2.45, 2.75) is 37.2 Å². The average molecular weight is 391 g/mol. The Hall–Kier alpha value is -1.68. The first-order valence-electron chi connectivity index (χ1n) is 8.64. The van der Waals surface area contributed by atoms with Gasteiger partial charge in [0.25, 0.3) is 0 Å². The zero-order chi connectivity index (χ0) is 19.2. The molecule has 1 aliphatic heterocycles. The Kier molecular flexibility index (Phi) is 7.39. The van der Waals surface area contributed by atoms with Crippen molar-refractivity contribution in [3.05, 3.63) is 42.2 Å². The van der Waals surface area contributed by atoms with E-state index in [1.165, 1.54) is 18.3 Å². The lowest BCUT2D eigenvalue weighted by Crippen LogP contribution is -2.36. The first kappa shape index (κ1) is 20.6. The minimum absolute atomic E-state index is 0.269. The summed E-state index contributed by atoms with van der Waals surface area (Å²) in [6.45, 7) is 6.45. The van der Waals surface area contributed by atoms with Gasteiger partial charge in [-0.15, -0.1) is 23.2 Å². The molecular formula is C20H26O4SSi. The summed E-state index contributed by atoms with van der Waals surface area (Å²) in [7, 11) is -0.275. The lowest BCUT2D eigenvalue weighted by molar-refractivity contribution is -0.142. The molecule has 1 unspecified atom stereocenters. The third-order valence-corrected chi connectivity index (χ3v) is 5.89. The van der Waals surface area contributed by atoms with E-state index < -0.39 is 20.3 Å². The Bertz CT molecular complexity index is 700. The summed E-state index contributed by atoms with van der Waals surface area (Å²) < 4.78 is 10.2. The topological polar surface area (TPSA) is 55.8 Å². The van der Waals surface area contributed by atoms with E-state index >= 15 is 0 Å². The maximum atomic E-state index is 12.1. The number of rotatable bonds is 5. The molecule has 0 spiro atoms. The fourth-order valence-corrected chi connectivity index (χ4v) is 4.19. The quantitative estimate of drug-likeness (QED) is 0.360. The number of carbonyl (C=O) groups excluding carboxylic acids is 1. The van der Waals surface area contributed by atoms with Gasteiger partial charge in [-0.1, -0.05) is 37.8 Å². The lowest BCUT2D eigenvalue weighted by Gasteiger charge is -2.32. The van der Waals surface area contributed by atoms with E-state index in [4.69, 9.17) is 9.47 Å². The number of carbonyl (C=O) groups is 1. The van der Waals surface area contributed by atoms with Crippen LogP contribution in [0.1, 0.15) is 6.42 Å². The van der Waals surface area contributed by atoms with Gasteiger partial charge in [0.15, 0.2) is 0 Å². The fraction of sp³-hybridized carbons (Fsp3) is 0.450. The lowest BCUT2D eigenvalue weighted by atomic mass is 9.83. The number of ether oxygens (including phenoxy) is 2. The molecule has 0 radical (unpaired) electrons. The van der Waals surface area contributed by atoms with Gasteiger partial charge in [0.05, 0.1) is 24.9 Å². The fourth-order valence-electron chi connectivity index (χ4n) is 2.62. The predicted molar refractivity (Wildman–Crippen MR) is 107 cm³/mol. The molecule has 1 heterocycles. The molecule has 0 saturated heterocycles. The van der Waals surface area contributed by atoms with Gasteiger partial charge in [-0.25, -0.2) is 4.79 Å². The molecule has 1 aliphatic rings. The first-order chi connectivity index (χ1) is 12.3. The van der Waals surface area contributed by atoms with Crippen molar-refractivity contribution in [3.63, 3.8) is 0 Å². The molecule has 0 fully saturated rings. The highest BCUT2D eigenvalue weighted by Gasteiger charge is 2.38. The van der Waals surface area contributed by atoms with Crippen LogP contribution in [0.15, 0.2) is 47.1 Å². The normalized spacial score (nSPS) is 22.5. The molecule has 2 rings (SSSR count). The monoisotopic (exact) mass is 390 g/mol. The molecule has 0 aliphatic carbocycles. The Balaban J connectivity index is 2.17. The SMILES string of the molecule is COC(=O)C1=COC(O)[C@H](CCSc2ccccc2)[C@@H]1C#C[Si](C)(C)C. The van der Waals surface area contributed by atoms with Crippen LogP contribution in [0.3, 0.4) is 0 Å². The Morgan fingerprint density at radius 1 is 1.31 bits per heavy atom. The van der Waals surface area contributed by atoms with Crippen LogP contribution in [0.5, 0.6) is 0 Å². The van der Waals surface area contributed by atoms with E-state index in [0.717, 1.165) is 5.75 Å². The molecule has 26 heavy (non-hydrogen) atoms. The Morgan fingerprint density at radius 3 is 2.62 bits per heavy atom. The van der Waals surface area contributed by atoms with Crippen LogP contribution in [-0.4, -0.2) is 38.3 Å². The van der Waals surface area contributed by atoms with Gasteiger partial charge in [-0.3, -0.25) is 0 Å². The van der Waals surface area contributed by atoms with Crippen molar-refractivity contribution in [3.8, 4) is 11.5 Å². The van der Waals surface area contributed by atoms with E-state index in [1.54, 1.807) is 11.8 Å². The maximum Gasteiger partial charge on any atom is 0.338 e. The van der Waals surface area contributed by atoms with E-state index in [9.17, 15) is 9.90 Å². The van der Waals surface area contributed by atoms with Crippen molar-refractivity contribution in [2.24, 2.45) is 11.8 Å². The zero-order valence-electron chi connectivity index (χ0n) is 15.7. The van der Waals surface area contributed by atoms with E-state index in [2.05, 4.69) is 43.2 Å². The molecule has 1 aromatic carbocycles. The number of methoxy groups -OCH3 is 1. The summed E-state index contributed by atoms with van der Waals surface area (Å²) in [6.07, 6.45) is 1.02. The van der Waals surface area contributed by atoms with Crippen molar-refractivity contribution < 1.29 is 19.4 Å². The second-order valence-electron chi connectivity index (χ2n) is 7.20. The Morgan fingerprint density at radius 2 is 2.00 bits per heavy atom. The summed E-state index contributed by atoms with van der Waals surface area (Å²) in [4.78, 5) is 13.3. The largest absolute Gasteiger partial charge is 0.472 e. The minimum atomic E-state index is -1.62. The third kappa shape index (κ3) is 5.94. The van der Waals surface area contributed by atoms with E-state index in [-0.39, 0.29) is 11.8 Å². The van der Waals surface area contributed by atoms with Gasteiger partial charge in [0.2, 0.25) is 6.29 Å². The number of hydrogen-bond acceptors (Lipinski definition) is 5. The van der Waals surface area contributed by atoms with Gasteiger partial charge in [0, 0.05) is 10.8 Å². The average Bonchev–Trinajstić information content (AvgIpc) is 2.61. The van der Waals surface area contributed by atoms with Crippen LogP contribution in [0.25, 0.3) is 0 Å². The molecule has 140 valence electrons. The minimum Gasteiger partial charge on any atom is -0.472 e. The van der Waals surface area contributed by atoms with Crippen LogP contribution in [-0.2, 0) is 14.3 Å². The third-order valence-electron chi connectivity index (χ3n) is 3.95. The number of esters is 1. The zero-order valence-corrected chi connectivity index (χ0v) is 17.5. The number of aliphatic hydroxyl groups is 1. The van der Waals surface area contributed by atoms with E-state index in [0.29, 0.717) is 12.0 Å². The summed E-state index contributed by atoms with van der Waals surface area (Å²) >= 11 is 1.72. The van der Waals surface area contributed by atoms with Crippen LogP contribution in [0.4, 0.5) is 0 Å². The standard InChI is InChI=1S/C20H26O4SSi/c1-23-19(21)18-14-24-20(22)17(16(18)11-13-26(2,3)4)10-12-25-15-8-6-5-7-9-15/h5-9,14,16-17,20,22H,10,12H2,1-4H3/t16-,17+,20?/m0/s1. The van der Waals surface area contributed by atoms with Crippen LogP contribution in [0, 0.1) is 23.3 Å². The summed E-state index contributed by atoms with van der Waals surface area (Å²) in [5, 5.41) is 10.4. The van der Waals surface area contributed by atoms with Gasteiger partial charge < -0.3 is 14.6 Å². The van der Waals surface area contributed by atoms with Crippen LogP contribution >= 0.6 is 11.8 Å². The van der Waals surface area contributed by atoms with Crippen molar-refractivity contribution in [1.29, 1.82) is 0 Å². The van der Waals surface area contributed by atoms with Crippen molar-refractivity contribution >= 4 is 25.8 Å².